The number of anilines is 8. The van der Waals surface area contributed by atoms with Crippen molar-refractivity contribution in [2.24, 2.45) is 0 Å². The highest BCUT2D eigenvalue weighted by Crippen LogP contribution is 2.62. The highest BCUT2D eigenvalue weighted by Gasteiger charge is 2.61. The third-order valence-electron chi connectivity index (χ3n) is 15.2. The van der Waals surface area contributed by atoms with Gasteiger partial charge in [0.1, 0.15) is 0 Å². The fourth-order valence-corrected chi connectivity index (χ4v) is 12.4. The summed E-state index contributed by atoms with van der Waals surface area (Å²) in [5.74, 6) is 0. The number of nitrogens with zero attached hydrogens (tertiary/aromatic N) is 3. The lowest BCUT2D eigenvalue weighted by Gasteiger charge is -2.53. The molecule has 1 saturated carbocycles. The number of fused-ring (bicyclic) bond motifs is 10. The van der Waals surface area contributed by atoms with E-state index in [1.54, 1.807) is 5.56 Å². The van der Waals surface area contributed by atoms with Crippen molar-refractivity contribution in [3.8, 4) is 11.1 Å². The van der Waals surface area contributed by atoms with Crippen LogP contribution in [-0.2, 0) is 10.8 Å². The molecule has 0 spiro atoms. The Morgan fingerprint density at radius 1 is 0.534 bits per heavy atom. The van der Waals surface area contributed by atoms with Gasteiger partial charge < -0.3 is 14.7 Å². The van der Waals surface area contributed by atoms with Crippen LogP contribution in [0.15, 0.2) is 152 Å². The van der Waals surface area contributed by atoms with Gasteiger partial charge in [0, 0.05) is 50.6 Å². The zero-order chi connectivity index (χ0) is 39.1. The van der Waals surface area contributed by atoms with Gasteiger partial charge in [0.2, 0.25) is 0 Å². The molecule has 12 rings (SSSR count). The summed E-state index contributed by atoms with van der Waals surface area (Å²) in [6, 6.07) is 57.5. The van der Waals surface area contributed by atoms with Crippen LogP contribution in [0, 0.1) is 6.92 Å². The van der Waals surface area contributed by atoms with E-state index in [1.165, 1.54) is 98.3 Å². The molecule has 2 unspecified atom stereocenters. The first-order valence-corrected chi connectivity index (χ1v) is 21.4. The van der Waals surface area contributed by atoms with Crippen LogP contribution in [-0.4, -0.2) is 12.3 Å². The monoisotopic (exact) mass is 749 g/mol. The fraction of sp³-hybridized carbons (Fsp3) is 0.222. The van der Waals surface area contributed by atoms with Crippen molar-refractivity contribution in [1.82, 2.24) is 0 Å². The van der Waals surface area contributed by atoms with Crippen molar-refractivity contribution in [3.63, 3.8) is 0 Å². The molecule has 7 aromatic rings. The molecule has 3 aliphatic heterocycles. The lowest BCUT2D eigenvalue weighted by atomic mass is 9.33. The zero-order valence-electron chi connectivity index (χ0n) is 34.2. The number of hydrogen-bond acceptors (Lipinski definition) is 3. The van der Waals surface area contributed by atoms with Crippen LogP contribution < -0.4 is 31.1 Å². The smallest absolute Gasteiger partial charge is 0.252 e. The summed E-state index contributed by atoms with van der Waals surface area (Å²) in [6.07, 6.45) is 4.98. The summed E-state index contributed by atoms with van der Waals surface area (Å²) in [5, 5.41) is 0. The van der Waals surface area contributed by atoms with Crippen LogP contribution in [0.3, 0.4) is 0 Å². The minimum atomic E-state index is -0.186. The average molecular weight is 750 g/mol. The van der Waals surface area contributed by atoms with Gasteiger partial charge in [0.05, 0.1) is 11.2 Å². The van der Waals surface area contributed by atoms with Gasteiger partial charge in [-0.15, -0.1) is 0 Å². The van der Waals surface area contributed by atoms with E-state index in [9.17, 15) is 0 Å². The van der Waals surface area contributed by atoms with E-state index in [4.69, 9.17) is 0 Å². The van der Waals surface area contributed by atoms with E-state index in [-0.39, 0.29) is 23.1 Å². The minimum absolute atomic E-state index is 0.00528. The van der Waals surface area contributed by atoms with Gasteiger partial charge in [-0.25, -0.2) is 0 Å². The second kappa shape index (κ2) is 11.8. The van der Waals surface area contributed by atoms with Gasteiger partial charge in [-0.1, -0.05) is 131 Å². The SMILES string of the molecule is Cc1cc2c3c(c1)N1c4c(cccc4C4(C)CCCCC14C)B3c1ccc(N(c3ccccc3)c3ccccc3)cc1N2c1cccc2c1C(C)(C)c1ccccc1-2. The molecule has 58 heavy (non-hydrogen) atoms. The molecule has 0 aromatic heterocycles. The molecule has 0 amide bonds. The maximum absolute atomic E-state index is 2.85. The van der Waals surface area contributed by atoms with Gasteiger partial charge in [-0.3, -0.25) is 0 Å². The average Bonchev–Trinajstić information content (AvgIpc) is 3.61. The molecule has 2 atom stereocenters. The van der Waals surface area contributed by atoms with Crippen LogP contribution in [0.25, 0.3) is 11.1 Å². The first-order chi connectivity index (χ1) is 28.2. The Labute approximate surface area is 343 Å². The predicted octanol–water partition coefficient (Wildman–Crippen LogP) is 12.1. The molecule has 0 N–H and O–H groups in total. The maximum atomic E-state index is 2.85. The van der Waals surface area contributed by atoms with Crippen molar-refractivity contribution in [2.45, 2.75) is 76.7 Å². The zero-order valence-corrected chi connectivity index (χ0v) is 34.2. The van der Waals surface area contributed by atoms with Gasteiger partial charge in [0.15, 0.2) is 0 Å². The van der Waals surface area contributed by atoms with Crippen LogP contribution >= 0.6 is 0 Å². The van der Waals surface area contributed by atoms with E-state index < -0.39 is 0 Å². The Morgan fingerprint density at radius 3 is 1.97 bits per heavy atom. The Balaban J connectivity index is 1.18. The van der Waals surface area contributed by atoms with E-state index in [0.717, 1.165) is 17.1 Å². The van der Waals surface area contributed by atoms with Crippen molar-refractivity contribution in [3.05, 3.63) is 174 Å². The standard InChI is InChI=1S/C54H48BN3/c1-35-32-47-50-48(33-35)58-51-42(53(4)30-14-15-31-54(53,58)5)25-17-26-44(51)55(50)43-29-28-38(56(36-18-8-6-9-19-36)37-20-10-7-11-21-37)34-46(43)57(47)45-27-16-23-40-39-22-12-13-24-41(39)52(2,3)49(40)45/h6-13,16-29,32-34H,14-15,30-31H2,1-5H3. The van der Waals surface area contributed by atoms with Crippen LogP contribution in [0.5, 0.6) is 0 Å². The molecule has 5 aliphatic rings. The second-order valence-corrected chi connectivity index (χ2v) is 18.5. The van der Waals surface area contributed by atoms with Gasteiger partial charge in [-0.05, 0) is 131 Å². The highest BCUT2D eigenvalue weighted by molar-refractivity contribution is 7.00. The number of para-hydroxylation sites is 3. The third kappa shape index (κ3) is 4.25. The van der Waals surface area contributed by atoms with Crippen molar-refractivity contribution in [2.75, 3.05) is 14.7 Å². The quantitative estimate of drug-likeness (QED) is 0.166. The topological polar surface area (TPSA) is 9.72 Å². The van der Waals surface area contributed by atoms with Crippen LogP contribution in [0.1, 0.15) is 75.6 Å². The lowest BCUT2D eigenvalue weighted by Crippen LogP contribution is -2.64. The van der Waals surface area contributed by atoms with Crippen molar-refractivity contribution in [1.29, 1.82) is 0 Å². The van der Waals surface area contributed by atoms with Gasteiger partial charge in [0.25, 0.3) is 6.71 Å². The van der Waals surface area contributed by atoms with E-state index in [2.05, 4.69) is 201 Å². The maximum Gasteiger partial charge on any atom is 0.252 e. The first kappa shape index (κ1) is 34.1. The summed E-state index contributed by atoms with van der Waals surface area (Å²) in [7, 11) is 0. The second-order valence-electron chi connectivity index (χ2n) is 18.5. The third-order valence-corrected chi connectivity index (χ3v) is 15.2. The Hall–Kier alpha value is -6.00. The number of hydrogen-bond donors (Lipinski definition) is 0. The molecule has 7 aromatic carbocycles. The molecular weight excluding hydrogens is 701 g/mol. The van der Waals surface area contributed by atoms with Crippen molar-refractivity contribution >= 4 is 68.6 Å². The largest absolute Gasteiger partial charge is 0.335 e. The summed E-state index contributed by atoms with van der Waals surface area (Å²) in [4.78, 5) is 7.94. The van der Waals surface area contributed by atoms with E-state index in [0.29, 0.717) is 0 Å². The Bertz CT molecular complexity index is 2810. The van der Waals surface area contributed by atoms with Gasteiger partial charge in [-0.2, -0.15) is 0 Å². The highest BCUT2D eigenvalue weighted by atomic mass is 15.3. The first-order valence-electron chi connectivity index (χ1n) is 21.4. The lowest BCUT2D eigenvalue weighted by molar-refractivity contribution is 0.195. The Morgan fingerprint density at radius 2 is 1.19 bits per heavy atom. The molecule has 3 nitrogen and oxygen atoms in total. The molecule has 0 radical (unpaired) electrons. The molecule has 2 aliphatic carbocycles. The van der Waals surface area contributed by atoms with E-state index >= 15 is 0 Å². The normalized spacial score (nSPS) is 21.1. The number of rotatable bonds is 4. The summed E-state index contributed by atoms with van der Waals surface area (Å²) < 4.78 is 0. The minimum Gasteiger partial charge on any atom is -0.335 e. The van der Waals surface area contributed by atoms with Crippen LogP contribution in [0.2, 0.25) is 0 Å². The molecule has 3 heterocycles. The molecular formula is C54H48BN3. The molecule has 0 saturated heterocycles. The fourth-order valence-electron chi connectivity index (χ4n) is 12.4. The molecule has 1 fully saturated rings. The number of aryl methyl sites for hydroxylation is 1. The predicted molar refractivity (Wildman–Crippen MR) is 246 cm³/mol. The molecule has 0 bridgehead atoms. The summed E-state index contributed by atoms with van der Waals surface area (Å²) in [6.45, 7) is 12.4. The molecule has 282 valence electrons. The number of benzene rings is 7. The Kier molecular flexibility index (Phi) is 6.93. The molecule has 4 heteroatoms. The summed E-state index contributed by atoms with van der Waals surface area (Å²) >= 11 is 0. The van der Waals surface area contributed by atoms with Crippen molar-refractivity contribution < 1.29 is 0 Å². The van der Waals surface area contributed by atoms with E-state index in [1.807, 2.05) is 0 Å². The summed E-state index contributed by atoms with van der Waals surface area (Å²) in [5.41, 5.74) is 22.6. The van der Waals surface area contributed by atoms with Crippen LogP contribution in [0.4, 0.5) is 45.5 Å². The van der Waals surface area contributed by atoms with Gasteiger partial charge >= 0.3 is 0 Å².